The summed E-state index contributed by atoms with van der Waals surface area (Å²) in [6, 6.07) is 15.7. The van der Waals surface area contributed by atoms with Gasteiger partial charge in [0.2, 0.25) is 11.8 Å². The second-order valence-corrected chi connectivity index (χ2v) is 9.40. The number of rotatable bonds is 7. The highest BCUT2D eigenvalue weighted by Crippen LogP contribution is 2.24. The first-order valence-electron chi connectivity index (χ1n) is 10.5. The monoisotopic (exact) mass is 425 g/mol. The molecule has 0 aromatic heterocycles. The highest BCUT2D eigenvalue weighted by atomic mass is 32.2. The lowest BCUT2D eigenvalue weighted by Gasteiger charge is -2.32. The van der Waals surface area contributed by atoms with Gasteiger partial charge in [0.25, 0.3) is 0 Å². The Hall–Kier alpha value is -2.47. The Morgan fingerprint density at radius 2 is 1.57 bits per heavy atom. The van der Waals surface area contributed by atoms with E-state index < -0.39 is 0 Å². The van der Waals surface area contributed by atoms with Crippen LogP contribution in [0.3, 0.4) is 0 Å². The number of carbonyl (C=O) groups excluding carboxylic acids is 2. The molecule has 6 heteroatoms. The number of hydrogen-bond acceptors (Lipinski definition) is 4. The number of carbonyl (C=O) groups is 2. The molecule has 1 saturated heterocycles. The van der Waals surface area contributed by atoms with Crippen LogP contribution in [-0.4, -0.2) is 35.9 Å². The summed E-state index contributed by atoms with van der Waals surface area (Å²) in [5.41, 5.74) is 3.90. The zero-order valence-corrected chi connectivity index (χ0v) is 18.8. The van der Waals surface area contributed by atoms with E-state index in [-0.39, 0.29) is 22.8 Å². The number of aryl methyl sites for hydroxylation is 1. The van der Waals surface area contributed by atoms with Gasteiger partial charge in [0, 0.05) is 30.2 Å². The van der Waals surface area contributed by atoms with Crippen LogP contribution in [0.15, 0.2) is 48.5 Å². The molecular formula is C24H31N3O2S. The molecule has 2 N–H and O–H groups in total. The van der Waals surface area contributed by atoms with Gasteiger partial charge in [-0.15, -0.1) is 11.8 Å². The largest absolute Gasteiger partial charge is 0.372 e. The summed E-state index contributed by atoms with van der Waals surface area (Å²) < 4.78 is 0. The summed E-state index contributed by atoms with van der Waals surface area (Å²) in [4.78, 5) is 27.0. The molecule has 0 saturated carbocycles. The third kappa shape index (κ3) is 6.52. The average molecular weight is 426 g/mol. The Balaban J connectivity index is 1.43. The zero-order chi connectivity index (χ0) is 21.5. The number of thioether (sulfide) groups is 1. The molecule has 0 radical (unpaired) electrons. The maximum Gasteiger partial charge on any atom is 0.237 e. The van der Waals surface area contributed by atoms with Crippen molar-refractivity contribution in [3.63, 3.8) is 0 Å². The number of piperidine rings is 1. The maximum atomic E-state index is 12.5. The first kappa shape index (κ1) is 22.2. The Morgan fingerprint density at radius 3 is 2.20 bits per heavy atom. The first-order valence-corrected chi connectivity index (χ1v) is 11.6. The van der Waals surface area contributed by atoms with Crippen molar-refractivity contribution in [3.05, 3.63) is 54.1 Å². The SMILES string of the molecule is Cc1ccc(NC(=O)CS[C@H](C)C(=O)Nc2ccc(N3CCC(C)CC3)cc2)cc1. The van der Waals surface area contributed by atoms with Crippen molar-refractivity contribution in [2.45, 2.75) is 38.9 Å². The Kier molecular flexibility index (Phi) is 7.80. The molecule has 5 nitrogen and oxygen atoms in total. The van der Waals surface area contributed by atoms with Crippen molar-refractivity contribution in [2.75, 3.05) is 34.4 Å². The lowest BCUT2D eigenvalue weighted by Crippen LogP contribution is -2.32. The van der Waals surface area contributed by atoms with Crippen LogP contribution in [0.2, 0.25) is 0 Å². The van der Waals surface area contributed by atoms with E-state index >= 15 is 0 Å². The summed E-state index contributed by atoms with van der Waals surface area (Å²) in [6.45, 7) is 8.31. The first-order chi connectivity index (χ1) is 14.4. The van der Waals surface area contributed by atoms with E-state index in [2.05, 4.69) is 34.6 Å². The van der Waals surface area contributed by atoms with Crippen LogP contribution in [0.1, 0.15) is 32.3 Å². The second-order valence-electron chi connectivity index (χ2n) is 8.07. The molecule has 160 valence electrons. The minimum Gasteiger partial charge on any atom is -0.372 e. The topological polar surface area (TPSA) is 61.4 Å². The van der Waals surface area contributed by atoms with Crippen LogP contribution in [0.25, 0.3) is 0 Å². The van der Waals surface area contributed by atoms with E-state index in [9.17, 15) is 9.59 Å². The molecule has 0 spiro atoms. The van der Waals surface area contributed by atoms with E-state index in [0.717, 1.165) is 35.9 Å². The van der Waals surface area contributed by atoms with Crippen molar-refractivity contribution in [2.24, 2.45) is 5.92 Å². The molecule has 0 unspecified atom stereocenters. The lowest BCUT2D eigenvalue weighted by atomic mass is 9.99. The highest BCUT2D eigenvalue weighted by Gasteiger charge is 2.17. The van der Waals surface area contributed by atoms with Gasteiger partial charge in [-0.05, 0) is 69.0 Å². The number of benzene rings is 2. The average Bonchev–Trinajstić information content (AvgIpc) is 2.75. The smallest absolute Gasteiger partial charge is 0.237 e. The zero-order valence-electron chi connectivity index (χ0n) is 18.0. The van der Waals surface area contributed by atoms with Crippen molar-refractivity contribution in [3.8, 4) is 0 Å². The molecule has 2 aromatic rings. The normalized spacial score (nSPS) is 15.5. The van der Waals surface area contributed by atoms with Gasteiger partial charge in [-0.3, -0.25) is 9.59 Å². The van der Waals surface area contributed by atoms with Crippen LogP contribution in [0.4, 0.5) is 17.1 Å². The molecule has 1 heterocycles. The van der Waals surface area contributed by atoms with Crippen LogP contribution >= 0.6 is 11.8 Å². The van der Waals surface area contributed by atoms with Crippen LogP contribution in [0, 0.1) is 12.8 Å². The predicted molar refractivity (Wildman–Crippen MR) is 127 cm³/mol. The van der Waals surface area contributed by atoms with Crippen molar-refractivity contribution in [1.82, 2.24) is 0 Å². The molecular weight excluding hydrogens is 394 g/mol. The van der Waals surface area contributed by atoms with Gasteiger partial charge in [0.05, 0.1) is 11.0 Å². The number of anilines is 3. The van der Waals surface area contributed by atoms with Crippen LogP contribution in [0.5, 0.6) is 0 Å². The van der Waals surface area contributed by atoms with Gasteiger partial charge in [-0.25, -0.2) is 0 Å². The molecule has 1 fully saturated rings. The van der Waals surface area contributed by atoms with Crippen LogP contribution < -0.4 is 15.5 Å². The Labute approximate surface area is 183 Å². The van der Waals surface area contributed by atoms with Gasteiger partial charge in [-0.1, -0.05) is 24.6 Å². The standard InChI is InChI=1S/C24H31N3O2S/c1-17-4-6-20(7-5-17)25-23(28)16-30-19(3)24(29)26-21-8-10-22(11-9-21)27-14-12-18(2)13-15-27/h4-11,18-19H,12-16H2,1-3H3,(H,25,28)(H,26,29)/t19-/m1/s1. The summed E-state index contributed by atoms with van der Waals surface area (Å²) in [6.07, 6.45) is 2.45. The van der Waals surface area contributed by atoms with E-state index in [1.807, 2.05) is 50.2 Å². The minimum atomic E-state index is -0.322. The fourth-order valence-electron chi connectivity index (χ4n) is 3.38. The molecule has 2 aromatic carbocycles. The molecule has 0 bridgehead atoms. The molecule has 1 aliphatic heterocycles. The fourth-order valence-corrected chi connectivity index (χ4v) is 4.06. The summed E-state index contributed by atoms with van der Waals surface area (Å²) in [7, 11) is 0. The van der Waals surface area contributed by atoms with Gasteiger partial charge in [0.15, 0.2) is 0 Å². The quantitative estimate of drug-likeness (QED) is 0.660. The lowest BCUT2D eigenvalue weighted by molar-refractivity contribution is -0.115. The molecule has 1 atom stereocenters. The van der Waals surface area contributed by atoms with Gasteiger partial charge < -0.3 is 15.5 Å². The van der Waals surface area contributed by atoms with Gasteiger partial charge >= 0.3 is 0 Å². The third-order valence-electron chi connectivity index (χ3n) is 5.45. The summed E-state index contributed by atoms with van der Waals surface area (Å²) in [5, 5.41) is 5.48. The van der Waals surface area contributed by atoms with E-state index in [0.29, 0.717) is 0 Å². The summed E-state index contributed by atoms with van der Waals surface area (Å²) >= 11 is 1.33. The van der Waals surface area contributed by atoms with Crippen LogP contribution in [-0.2, 0) is 9.59 Å². The van der Waals surface area contributed by atoms with E-state index in [4.69, 9.17) is 0 Å². The maximum absolute atomic E-state index is 12.5. The molecule has 3 rings (SSSR count). The molecule has 1 aliphatic rings. The number of hydrogen-bond donors (Lipinski definition) is 2. The highest BCUT2D eigenvalue weighted by molar-refractivity contribution is 8.01. The van der Waals surface area contributed by atoms with Crippen molar-refractivity contribution >= 4 is 40.6 Å². The Morgan fingerprint density at radius 1 is 1.00 bits per heavy atom. The van der Waals surface area contributed by atoms with Crippen molar-refractivity contribution < 1.29 is 9.59 Å². The van der Waals surface area contributed by atoms with Gasteiger partial charge in [-0.2, -0.15) is 0 Å². The second kappa shape index (κ2) is 10.5. The fraction of sp³-hybridized carbons (Fsp3) is 0.417. The number of amides is 2. The third-order valence-corrected chi connectivity index (χ3v) is 6.60. The van der Waals surface area contributed by atoms with Gasteiger partial charge in [0.1, 0.15) is 0 Å². The Bertz CT molecular complexity index is 844. The molecule has 0 aliphatic carbocycles. The minimum absolute atomic E-state index is 0.0947. The molecule has 2 amide bonds. The van der Waals surface area contributed by atoms with Crippen molar-refractivity contribution in [1.29, 1.82) is 0 Å². The van der Waals surface area contributed by atoms with E-state index in [1.165, 1.54) is 30.3 Å². The van der Waals surface area contributed by atoms with E-state index in [1.54, 1.807) is 0 Å². The predicted octanol–water partition coefficient (Wildman–Crippen LogP) is 4.93. The number of nitrogens with one attached hydrogen (secondary N) is 2. The molecule has 30 heavy (non-hydrogen) atoms. The summed E-state index contributed by atoms with van der Waals surface area (Å²) in [5.74, 6) is 0.832. The number of nitrogens with zero attached hydrogens (tertiary/aromatic N) is 1.